The zero-order valence-corrected chi connectivity index (χ0v) is 16.3. The average molecular weight is 395 g/mol. The normalized spacial score (nSPS) is 16.8. The molecule has 0 bridgehead atoms. The molecule has 1 fully saturated rings. The van der Waals surface area contributed by atoms with Crippen molar-refractivity contribution in [2.45, 2.75) is 24.8 Å². The highest BCUT2D eigenvalue weighted by Crippen LogP contribution is 2.18. The second kappa shape index (κ2) is 9.63. The minimum atomic E-state index is -3.54. The number of nitrogens with zero attached hydrogens (tertiary/aromatic N) is 1. The van der Waals surface area contributed by atoms with Crippen LogP contribution in [-0.4, -0.2) is 63.4 Å². The van der Waals surface area contributed by atoms with Crippen LogP contribution in [0, 0.1) is 0 Å². The van der Waals surface area contributed by atoms with Crippen LogP contribution in [0.5, 0.6) is 0 Å². The standard InChI is InChI=1S/C18H25N3O5S/c1-3-19-18(23)14(2)20-17(22)9-6-15-4-7-16(8-5-15)27(24,25)21-10-12-26-13-11-21/h4-9,14H,3,10-13H2,1-2H3,(H,19,23)(H,20,22)/b9-6+/t14-/m0/s1. The fraction of sp³-hybridized carbons (Fsp3) is 0.444. The van der Waals surface area contributed by atoms with Gasteiger partial charge in [0.25, 0.3) is 0 Å². The van der Waals surface area contributed by atoms with E-state index in [9.17, 15) is 18.0 Å². The zero-order valence-electron chi connectivity index (χ0n) is 15.5. The number of hydrogen-bond acceptors (Lipinski definition) is 5. The molecule has 0 unspecified atom stereocenters. The molecule has 1 aliphatic rings. The number of carbonyl (C=O) groups is 2. The van der Waals surface area contributed by atoms with E-state index < -0.39 is 22.0 Å². The van der Waals surface area contributed by atoms with Crippen molar-refractivity contribution in [1.29, 1.82) is 0 Å². The van der Waals surface area contributed by atoms with E-state index in [2.05, 4.69) is 10.6 Å². The van der Waals surface area contributed by atoms with Crippen LogP contribution in [-0.2, 0) is 24.3 Å². The Hall–Kier alpha value is -2.23. The van der Waals surface area contributed by atoms with Crippen molar-refractivity contribution in [2.75, 3.05) is 32.8 Å². The molecule has 1 heterocycles. The SMILES string of the molecule is CCNC(=O)[C@H](C)NC(=O)/C=C/c1ccc(S(=O)(=O)N2CCOCC2)cc1. The lowest BCUT2D eigenvalue weighted by atomic mass is 10.2. The van der Waals surface area contributed by atoms with E-state index in [0.717, 1.165) is 0 Å². The van der Waals surface area contributed by atoms with Crippen molar-refractivity contribution >= 4 is 27.9 Å². The first-order chi connectivity index (χ1) is 12.8. The highest BCUT2D eigenvalue weighted by molar-refractivity contribution is 7.89. The number of rotatable bonds is 7. The van der Waals surface area contributed by atoms with Crippen molar-refractivity contribution in [3.63, 3.8) is 0 Å². The Kier molecular flexibility index (Phi) is 7.52. The van der Waals surface area contributed by atoms with Gasteiger partial charge in [-0.05, 0) is 37.6 Å². The number of carbonyl (C=O) groups excluding carboxylic acids is 2. The molecule has 0 aliphatic carbocycles. The summed E-state index contributed by atoms with van der Waals surface area (Å²) in [7, 11) is -3.54. The molecule has 0 radical (unpaired) electrons. The second-order valence-corrected chi connectivity index (χ2v) is 7.98. The lowest BCUT2D eigenvalue weighted by molar-refractivity contribution is -0.126. The highest BCUT2D eigenvalue weighted by atomic mass is 32.2. The van der Waals surface area contributed by atoms with Gasteiger partial charge in [0.05, 0.1) is 18.1 Å². The van der Waals surface area contributed by atoms with E-state index in [0.29, 0.717) is 38.4 Å². The lowest BCUT2D eigenvalue weighted by Crippen LogP contribution is -2.44. The topological polar surface area (TPSA) is 105 Å². The first-order valence-electron chi connectivity index (χ1n) is 8.79. The van der Waals surface area contributed by atoms with Gasteiger partial charge in [0.15, 0.2) is 0 Å². The van der Waals surface area contributed by atoms with E-state index in [4.69, 9.17) is 4.74 Å². The number of ether oxygens (including phenoxy) is 1. The van der Waals surface area contributed by atoms with Crippen molar-refractivity contribution < 1.29 is 22.7 Å². The Morgan fingerprint density at radius 1 is 1.22 bits per heavy atom. The lowest BCUT2D eigenvalue weighted by Gasteiger charge is -2.26. The number of nitrogens with one attached hydrogen (secondary N) is 2. The van der Waals surface area contributed by atoms with Gasteiger partial charge in [-0.15, -0.1) is 0 Å². The van der Waals surface area contributed by atoms with Gasteiger partial charge in [-0.3, -0.25) is 9.59 Å². The molecule has 9 heteroatoms. The zero-order chi connectivity index (χ0) is 19.9. The molecule has 1 aromatic carbocycles. The predicted octanol–water partition coefficient (Wildman–Crippen LogP) is 0.362. The van der Waals surface area contributed by atoms with Crippen LogP contribution in [0.1, 0.15) is 19.4 Å². The average Bonchev–Trinajstić information content (AvgIpc) is 2.67. The third-order valence-corrected chi connectivity index (χ3v) is 5.93. The summed E-state index contributed by atoms with van der Waals surface area (Å²) in [6.45, 7) is 5.36. The summed E-state index contributed by atoms with van der Waals surface area (Å²) in [4.78, 5) is 23.7. The fourth-order valence-corrected chi connectivity index (χ4v) is 3.92. The number of sulfonamides is 1. The number of amides is 2. The number of morpholine rings is 1. The van der Waals surface area contributed by atoms with Gasteiger partial charge in [-0.25, -0.2) is 8.42 Å². The van der Waals surface area contributed by atoms with Gasteiger partial charge in [0.2, 0.25) is 21.8 Å². The summed E-state index contributed by atoms with van der Waals surface area (Å²) in [6.07, 6.45) is 2.87. The van der Waals surface area contributed by atoms with E-state index in [1.165, 1.54) is 22.5 Å². The Morgan fingerprint density at radius 2 is 1.85 bits per heavy atom. The van der Waals surface area contributed by atoms with Crippen molar-refractivity contribution in [3.8, 4) is 0 Å². The van der Waals surface area contributed by atoms with Gasteiger partial charge < -0.3 is 15.4 Å². The van der Waals surface area contributed by atoms with Crippen LogP contribution >= 0.6 is 0 Å². The molecule has 0 spiro atoms. The number of hydrogen-bond donors (Lipinski definition) is 2. The summed E-state index contributed by atoms with van der Waals surface area (Å²) in [5.74, 6) is -0.657. The number of likely N-dealkylation sites (N-methyl/N-ethyl adjacent to an activating group) is 1. The molecule has 0 aromatic heterocycles. The van der Waals surface area contributed by atoms with E-state index in [1.807, 2.05) is 0 Å². The first kappa shape index (κ1) is 21.1. The molecule has 2 N–H and O–H groups in total. The predicted molar refractivity (Wildman–Crippen MR) is 101 cm³/mol. The summed E-state index contributed by atoms with van der Waals surface area (Å²) in [6, 6.07) is 5.65. The highest BCUT2D eigenvalue weighted by Gasteiger charge is 2.25. The largest absolute Gasteiger partial charge is 0.379 e. The van der Waals surface area contributed by atoms with Crippen LogP contribution in [0.4, 0.5) is 0 Å². The Morgan fingerprint density at radius 3 is 2.44 bits per heavy atom. The van der Waals surface area contributed by atoms with Crippen LogP contribution in [0.25, 0.3) is 6.08 Å². The van der Waals surface area contributed by atoms with Gasteiger partial charge in [-0.1, -0.05) is 12.1 Å². The van der Waals surface area contributed by atoms with Gasteiger partial charge in [-0.2, -0.15) is 4.31 Å². The molecule has 8 nitrogen and oxygen atoms in total. The van der Waals surface area contributed by atoms with Crippen molar-refractivity contribution in [2.24, 2.45) is 0 Å². The van der Waals surface area contributed by atoms with Crippen LogP contribution < -0.4 is 10.6 Å². The molecule has 1 atom stereocenters. The third kappa shape index (κ3) is 5.88. The minimum Gasteiger partial charge on any atom is -0.379 e. The molecule has 2 rings (SSSR count). The Labute approximate surface area is 159 Å². The van der Waals surface area contributed by atoms with Gasteiger partial charge in [0, 0.05) is 25.7 Å². The molecule has 0 saturated carbocycles. The Balaban J connectivity index is 1.97. The van der Waals surface area contributed by atoms with Gasteiger partial charge in [0.1, 0.15) is 6.04 Å². The second-order valence-electron chi connectivity index (χ2n) is 6.04. The molecular weight excluding hydrogens is 370 g/mol. The smallest absolute Gasteiger partial charge is 0.244 e. The number of benzene rings is 1. The van der Waals surface area contributed by atoms with E-state index >= 15 is 0 Å². The molecular formula is C18H25N3O5S. The van der Waals surface area contributed by atoms with Crippen LogP contribution in [0.3, 0.4) is 0 Å². The maximum Gasteiger partial charge on any atom is 0.244 e. The van der Waals surface area contributed by atoms with E-state index in [-0.39, 0.29) is 10.8 Å². The summed E-state index contributed by atoms with van der Waals surface area (Å²) in [5.41, 5.74) is 0.678. The summed E-state index contributed by atoms with van der Waals surface area (Å²) in [5, 5.41) is 5.19. The molecule has 148 valence electrons. The first-order valence-corrected chi connectivity index (χ1v) is 10.2. The molecule has 2 amide bonds. The fourth-order valence-electron chi connectivity index (χ4n) is 2.51. The van der Waals surface area contributed by atoms with Gasteiger partial charge >= 0.3 is 0 Å². The summed E-state index contributed by atoms with van der Waals surface area (Å²) < 4.78 is 31.7. The molecule has 1 saturated heterocycles. The van der Waals surface area contributed by atoms with E-state index in [1.54, 1.807) is 32.1 Å². The Bertz CT molecular complexity index is 784. The van der Waals surface area contributed by atoms with Crippen LogP contribution in [0.2, 0.25) is 0 Å². The molecule has 1 aliphatic heterocycles. The molecule has 27 heavy (non-hydrogen) atoms. The minimum absolute atomic E-state index is 0.205. The third-order valence-electron chi connectivity index (χ3n) is 4.02. The monoisotopic (exact) mass is 395 g/mol. The van der Waals surface area contributed by atoms with Crippen molar-refractivity contribution in [3.05, 3.63) is 35.9 Å². The molecule has 1 aromatic rings. The van der Waals surface area contributed by atoms with Crippen LogP contribution in [0.15, 0.2) is 35.2 Å². The summed E-state index contributed by atoms with van der Waals surface area (Å²) >= 11 is 0. The van der Waals surface area contributed by atoms with Crippen molar-refractivity contribution in [1.82, 2.24) is 14.9 Å². The maximum atomic E-state index is 12.6. The quantitative estimate of drug-likeness (QED) is 0.649. The maximum absolute atomic E-state index is 12.6.